The number of nitrogens with one attached hydrogen (secondary N) is 1. The summed E-state index contributed by atoms with van der Waals surface area (Å²) in [5, 5.41) is 16.3. The number of aryl methyl sites for hydroxylation is 2. The van der Waals surface area contributed by atoms with E-state index in [0.29, 0.717) is 12.1 Å². The van der Waals surface area contributed by atoms with Crippen LogP contribution >= 0.6 is 0 Å². The molecule has 1 atom stereocenters. The molecular weight excluding hydrogens is 268 g/mol. The molecule has 0 fully saturated rings. The molecule has 0 unspecified atom stereocenters. The van der Waals surface area contributed by atoms with Crippen molar-refractivity contribution in [3.05, 3.63) is 41.7 Å². The Hall–Kier alpha value is -2.34. The fourth-order valence-electron chi connectivity index (χ4n) is 2.10. The van der Waals surface area contributed by atoms with E-state index in [4.69, 9.17) is 5.73 Å². The van der Waals surface area contributed by atoms with Crippen molar-refractivity contribution in [1.82, 2.24) is 9.78 Å². The number of rotatable bonds is 5. The Morgan fingerprint density at radius 3 is 2.71 bits per heavy atom. The zero-order valence-corrected chi connectivity index (χ0v) is 12.2. The number of amides is 1. The van der Waals surface area contributed by atoms with Gasteiger partial charge in [-0.05, 0) is 30.5 Å². The summed E-state index contributed by atoms with van der Waals surface area (Å²) >= 11 is 0. The van der Waals surface area contributed by atoms with Gasteiger partial charge in [-0.1, -0.05) is 19.1 Å². The predicted molar refractivity (Wildman–Crippen MR) is 81.0 cm³/mol. The molecule has 1 aromatic heterocycles. The molecule has 0 saturated carbocycles. The van der Waals surface area contributed by atoms with Crippen molar-refractivity contribution in [1.29, 1.82) is 0 Å². The Kier molecular flexibility index (Phi) is 4.59. The summed E-state index contributed by atoms with van der Waals surface area (Å²) in [6.45, 7) is 1.98. The molecule has 112 valence electrons. The topological polar surface area (TPSA) is 93.2 Å². The summed E-state index contributed by atoms with van der Waals surface area (Å²) in [4.78, 5) is 12.1. The van der Waals surface area contributed by atoms with E-state index in [2.05, 4.69) is 10.4 Å². The molecule has 0 radical (unpaired) electrons. The minimum atomic E-state index is -0.653. The van der Waals surface area contributed by atoms with Crippen LogP contribution in [-0.4, -0.2) is 26.8 Å². The van der Waals surface area contributed by atoms with Gasteiger partial charge in [-0.2, -0.15) is 5.10 Å². The van der Waals surface area contributed by atoms with Crippen LogP contribution in [0.4, 0.5) is 5.69 Å². The van der Waals surface area contributed by atoms with Crippen LogP contribution in [0.3, 0.4) is 0 Å². The van der Waals surface area contributed by atoms with Crippen LogP contribution in [0.15, 0.2) is 30.5 Å². The second-order valence-corrected chi connectivity index (χ2v) is 4.98. The van der Waals surface area contributed by atoms with Crippen molar-refractivity contribution >= 4 is 11.6 Å². The van der Waals surface area contributed by atoms with Crippen molar-refractivity contribution in [3.63, 3.8) is 0 Å². The number of hydrogen-bond acceptors (Lipinski definition) is 4. The largest absolute Gasteiger partial charge is 0.508 e. The SMILES string of the molecule is CCc1nn(C)cc1NC(=O)[C@H](N)Cc1ccc(O)cc1. The number of anilines is 1. The lowest BCUT2D eigenvalue weighted by Gasteiger charge is -2.12. The maximum absolute atomic E-state index is 12.1. The standard InChI is InChI=1S/C15H20N4O2/c1-3-13-14(9-19(2)18-13)17-15(21)12(16)8-10-4-6-11(20)7-5-10/h4-7,9,12,20H,3,8,16H2,1-2H3,(H,17,21)/t12-/m1/s1. The van der Waals surface area contributed by atoms with E-state index in [0.717, 1.165) is 17.7 Å². The molecule has 6 heteroatoms. The monoisotopic (exact) mass is 288 g/mol. The lowest BCUT2D eigenvalue weighted by Crippen LogP contribution is -2.37. The average Bonchev–Trinajstić information content (AvgIpc) is 2.81. The van der Waals surface area contributed by atoms with Gasteiger partial charge in [0.05, 0.1) is 17.4 Å². The maximum atomic E-state index is 12.1. The highest BCUT2D eigenvalue weighted by Gasteiger charge is 2.16. The zero-order valence-electron chi connectivity index (χ0n) is 12.2. The van der Waals surface area contributed by atoms with Crippen molar-refractivity contribution < 1.29 is 9.90 Å². The molecule has 6 nitrogen and oxygen atoms in total. The molecule has 4 N–H and O–H groups in total. The highest BCUT2D eigenvalue weighted by molar-refractivity contribution is 5.95. The van der Waals surface area contributed by atoms with Crippen LogP contribution in [0.25, 0.3) is 0 Å². The van der Waals surface area contributed by atoms with Gasteiger partial charge in [0, 0.05) is 13.2 Å². The van der Waals surface area contributed by atoms with Crippen molar-refractivity contribution in [3.8, 4) is 5.75 Å². The number of carbonyl (C=O) groups excluding carboxylic acids is 1. The average molecular weight is 288 g/mol. The molecule has 0 saturated heterocycles. The summed E-state index contributed by atoms with van der Waals surface area (Å²) in [6, 6.07) is 6.01. The van der Waals surface area contributed by atoms with Gasteiger partial charge in [0.2, 0.25) is 5.91 Å². The molecule has 21 heavy (non-hydrogen) atoms. The second kappa shape index (κ2) is 6.41. The van der Waals surface area contributed by atoms with Crippen molar-refractivity contribution in [2.75, 3.05) is 5.32 Å². The fraction of sp³-hybridized carbons (Fsp3) is 0.333. The summed E-state index contributed by atoms with van der Waals surface area (Å²) in [6.07, 6.45) is 2.92. The van der Waals surface area contributed by atoms with Crippen LogP contribution < -0.4 is 11.1 Å². The lowest BCUT2D eigenvalue weighted by atomic mass is 10.1. The summed E-state index contributed by atoms with van der Waals surface area (Å²) in [7, 11) is 1.81. The molecular formula is C15H20N4O2. The van der Waals surface area contributed by atoms with Crippen LogP contribution in [0.5, 0.6) is 5.75 Å². The Bertz CT molecular complexity index is 619. The first-order valence-corrected chi connectivity index (χ1v) is 6.86. The number of aromatic hydroxyl groups is 1. The van der Waals surface area contributed by atoms with E-state index in [9.17, 15) is 9.90 Å². The quantitative estimate of drug-likeness (QED) is 0.770. The first kappa shape index (κ1) is 15.1. The molecule has 0 aliphatic rings. The molecule has 1 heterocycles. The first-order chi connectivity index (χ1) is 9.99. The van der Waals surface area contributed by atoms with E-state index in [1.54, 1.807) is 35.1 Å². The third-order valence-electron chi connectivity index (χ3n) is 3.23. The lowest BCUT2D eigenvalue weighted by molar-refractivity contribution is -0.117. The minimum absolute atomic E-state index is 0.194. The fourth-order valence-corrected chi connectivity index (χ4v) is 2.10. The Balaban J connectivity index is 2.00. The van der Waals surface area contributed by atoms with Gasteiger partial charge in [-0.25, -0.2) is 0 Å². The molecule has 2 rings (SSSR count). The number of hydrogen-bond donors (Lipinski definition) is 3. The number of nitrogens with zero attached hydrogens (tertiary/aromatic N) is 2. The molecule has 0 aliphatic heterocycles. The van der Waals surface area contributed by atoms with Gasteiger partial charge < -0.3 is 16.2 Å². The van der Waals surface area contributed by atoms with Gasteiger partial charge in [0.15, 0.2) is 0 Å². The predicted octanol–water partition coefficient (Wildman–Crippen LogP) is 1.20. The van der Waals surface area contributed by atoms with Gasteiger partial charge in [-0.3, -0.25) is 9.48 Å². The van der Waals surface area contributed by atoms with E-state index < -0.39 is 6.04 Å². The number of phenolic OH excluding ortho intramolecular Hbond substituents is 1. The van der Waals surface area contributed by atoms with E-state index in [1.807, 2.05) is 14.0 Å². The summed E-state index contributed by atoms with van der Waals surface area (Å²) in [5.41, 5.74) is 8.37. The van der Waals surface area contributed by atoms with Crippen LogP contribution in [-0.2, 0) is 24.7 Å². The molecule has 1 amide bonds. The third kappa shape index (κ3) is 3.82. The van der Waals surface area contributed by atoms with E-state index >= 15 is 0 Å². The zero-order chi connectivity index (χ0) is 15.4. The number of aromatic nitrogens is 2. The van der Waals surface area contributed by atoms with E-state index in [1.165, 1.54) is 0 Å². The first-order valence-electron chi connectivity index (χ1n) is 6.86. The molecule has 1 aromatic carbocycles. The van der Waals surface area contributed by atoms with Crippen molar-refractivity contribution in [2.45, 2.75) is 25.8 Å². The van der Waals surface area contributed by atoms with Crippen molar-refractivity contribution in [2.24, 2.45) is 12.8 Å². The number of carbonyl (C=O) groups is 1. The molecule has 0 bridgehead atoms. The van der Waals surface area contributed by atoms with Crippen LogP contribution in [0.2, 0.25) is 0 Å². The molecule has 2 aromatic rings. The minimum Gasteiger partial charge on any atom is -0.508 e. The number of nitrogens with two attached hydrogens (primary N) is 1. The van der Waals surface area contributed by atoms with Crippen LogP contribution in [0, 0.1) is 0 Å². The Morgan fingerprint density at radius 1 is 1.43 bits per heavy atom. The van der Waals surface area contributed by atoms with Gasteiger partial charge in [-0.15, -0.1) is 0 Å². The second-order valence-electron chi connectivity index (χ2n) is 4.98. The van der Waals surface area contributed by atoms with Gasteiger partial charge in [0.25, 0.3) is 0 Å². The summed E-state index contributed by atoms with van der Waals surface area (Å²) < 4.78 is 1.67. The maximum Gasteiger partial charge on any atom is 0.241 e. The Labute approximate surface area is 123 Å². The van der Waals surface area contributed by atoms with Gasteiger partial charge in [0.1, 0.15) is 5.75 Å². The normalized spacial score (nSPS) is 12.1. The number of benzene rings is 1. The highest BCUT2D eigenvalue weighted by Crippen LogP contribution is 2.15. The highest BCUT2D eigenvalue weighted by atomic mass is 16.3. The smallest absolute Gasteiger partial charge is 0.241 e. The van der Waals surface area contributed by atoms with E-state index in [-0.39, 0.29) is 11.7 Å². The van der Waals surface area contributed by atoms with Gasteiger partial charge >= 0.3 is 0 Å². The molecule has 0 spiro atoms. The third-order valence-corrected chi connectivity index (χ3v) is 3.23. The number of phenols is 1. The van der Waals surface area contributed by atoms with Crippen LogP contribution in [0.1, 0.15) is 18.2 Å². The summed E-state index contributed by atoms with van der Waals surface area (Å²) in [5.74, 6) is -0.0505. The molecule has 0 aliphatic carbocycles. The Morgan fingerprint density at radius 2 is 2.10 bits per heavy atom.